The standard InChI is InChI=1S/C22H23NO4S/c1-16-6-5-9-18(14-16)26-12-13-27-21(25)19-15-28-22(11-10-20(24)23(19)22)17-7-3-2-4-8-17/h2-9,14,19H,10-13,15H2,1H3/t19-,22+/m0/s1. The summed E-state index contributed by atoms with van der Waals surface area (Å²) in [6.45, 7) is 2.44. The highest BCUT2D eigenvalue weighted by molar-refractivity contribution is 8.00. The van der Waals surface area contributed by atoms with Gasteiger partial charge in [-0.3, -0.25) is 4.79 Å². The number of carbonyl (C=O) groups is 2. The molecule has 2 heterocycles. The first-order valence-corrected chi connectivity index (χ1v) is 10.5. The second kappa shape index (κ2) is 7.87. The van der Waals surface area contributed by atoms with Crippen LogP contribution < -0.4 is 4.74 Å². The van der Waals surface area contributed by atoms with Gasteiger partial charge in [0.15, 0.2) is 0 Å². The summed E-state index contributed by atoms with van der Waals surface area (Å²) in [6.07, 6.45) is 1.18. The molecule has 0 aromatic heterocycles. The van der Waals surface area contributed by atoms with E-state index < -0.39 is 10.9 Å². The van der Waals surface area contributed by atoms with E-state index in [2.05, 4.69) is 0 Å². The van der Waals surface area contributed by atoms with Crippen LogP contribution in [-0.4, -0.2) is 41.8 Å². The van der Waals surface area contributed by atoms with Crippen molar-refractivity contribution in [3.05, 3.63) is 65.7 Å². The number of carbonyl (C=O) groups excluding carboxylic acids is 2. The Kier molecular flexibility index (Phi) is 5.31. The van der Waals surface area contributed by atoms with Gasteiger partial charge in [0.25, 0.3) is 0 Å². The number of ether oxygens (including phenoxy) is 2. The molecule has 0 unspecified atom stereocenters. The average Bonchev–Trinajstić information content (AvgIpc) is 3.25. The lowest BCUT2D eigenvalue weighted by Crippen LogP contribution is -2.46. The van der Waals surface area contributed by atoms with Crippen molar-refractivity contribution in [1.82, 2.24) is 4.90 Å². The van der Waals surface area contributed by atoms with Crippen molar-refractivity contribution in [1.29, 1.82) is 0 Å². The van der Waals surface area contributed by atoms with E-state index >= 15 is 0 Å². The third kappa shape index (κ3) is 3.49. The van der Waals surface area contributed by atoms with Crippen LogP contribution in [0, 0.1) is 6.92 Å². The topological polar surface area (TPSA) is 55.8 Å². The molecule has 2 atom stereocenters. The summed E-state index contributed by atoms with van der Waals surface area (Å²) in [4.78, 5) is 26.6. The van der Waals surface area contributed by atoms with Crippen LogP contribution in [0.25, 0.3) is 0 Å². The van der Waals surface area contributed by atoms with Crippen LogP contribution in [0.15, 0.2) is 54.6 Å². The molecule has 2 aromatic carbocycles. The van der Waals surface area contributed by atoms with E-state index in [0.29, 0.717) is 12.2 Å². The van der Waals surface area contributed by atoms with Crippen LogP contribution in [0.3, 0.4) is 0 Å². The minimum Gasteiger partial charge on any atom is -0.490 e. The van der Waals surface area contributed by atoms with Gasteiger partial charge in [0, 0.05) is 12.2 Å². The van der Waals surface area contributed by atoms with Crippen molar-refractivity contribution < 1.29 is 19.1 Å². The van der Waals surface area contributed by atoms with Gasteiger partial charge in [-0.05, 0) is 36.6 Å². The molecule has 0 aliphatic carbocycles. The fourth-order valence-electron chi connectivity index (χ4n) is 3.92. The van der Waals surface area contributed by atoms with Crippen molar-refractivity contribution in [2.75, 3.05) is 19.0 Å². The summed E-state index contributed by atoms with van der Waals surface area (Å²) in [5.41, 5.74) is 2.19. The van der Waals surface area contributed by atoms with Crippen molar-refractivity contribution >= 4 is 23.6 Å². The number of hydrogen-bond acceptors (Lipinski definition) is 5. The minimum atomic E-state index is -0.542. The van der Waals surface area contributed by atoms with Crippen LogP contribution in [0.4, 0.5) is 0 Å². The number of amides is 1. The molecule has 2 saturated heterocycles. The molecule has 0 N–H and O–H groups in total. The molecule has 2 aliphatic heterocycles. The van der Waals surface area contributed by atoms with Gasteiger partial charge >= 0.3 is 5.97 Å². The molecular formula is C22H23NO4S. The van der Waals surface area contributed by atoms with E-state index in [1.807, 2.05) is 61.5 Å². The number of thioether (sulfide) groups is 1. The Balaban J connectivity index is 1.38. The zero-order valence-electron chi connectivity index (χ0n) is 15.8. The van der Waals surface area contributed by atoms with Gasteiger partial charge in [-0.25, -0.2) is 4.79 Å². The van der Waals surface area contributed by atoms with Crippen LogP contribution in [0.2, 0.25) is 0 Å². The monoisotopic (exact) mass is 397 g/mol. The van der Waals surface area contributed by atoms with Crippen LogP contribution in [0.1, 0.15) is 24.0 Å². The molecule has 146 valence electrons. The van der Waals surface area contributed by atoms with Gasteiger partial charge in [-0.1, -0.05) is 42.5 Å². The molecule has 2 aromatic rings. The smallest absolute Gasteiger partial charge is 0.329 e. The summed E-state index contributed by atoms with van der Waals surface area (Å²) in [5, 5.41) is 0. The Labute approximate surface area is 169 Å². The molecule has 0 saturated carbocycles. The van der Waals surface area contributed by atoms with E-state index in [-0.39, 0.29) is 25.1 Å². The molecule has 4 rings (SSSR count). The fourth-order valence-corrected chi connectivity index (χ4v) is 5.56. The van der Waals surface area contributed by atoms with Crippen molar-refractivity contribution in [2.45, 2.75) is 30.7 Å². The van der Waals surface area contributed by atoms with Gasteiger partial charge < -0.3 is 14.4 Å². The Hall–Kier alpha value is -2.47. The number of hydrogen-bond donors (Lipinski definition) is 0. The SMILES string of the molecule is Cc1cccc(OCCOC(=O)[C@@H]2CS[C@@]3(c4ccccc4)CCC(=O)N23)c1. The molecule has 0 bridgehead atoms. The molecule has 28 heavy (non-hydrogen) atoms. The van der Waals surface area contributed by atoms with Crippen molar-refractivity contribution in [3.8, 4) is 5.75 Å². The molecule has 0 radical (unpaired) electrons. The first kappa shape index (κ1) is 18.9. The lowest BCUT2D eigenvalue weighted by molar-refractivity contribution is -0.154. The van der Waals surface area contributed by atoms with E-state index in [1.54, 1.807) is 16.7 Å². The van der Waals surface area contributed by atoms with Gasteiger partial charge in [0.05, 0.1) is 0 Å². The van der Waals surface area contributed by atoms with Gasteiger partial charge in [-0.15, -0.1) is 11.8 Å². The van der Waals surface area contributed by atoms with Gasteiger partial charge in [-0.2, -0.15) is 0 Å². The number of nitrogens with zero attached hydrogens (tertiary/aromatic N) is 1. The van der Waals surface area contributed by atoms with Crippen molar-refractivity contribution in [2.24, 2.45) is 0 Å². The maximum Gasteiger partial charge on any atom is 0.329 e. The average molecular weight is 397 g/mol. The summed E-state index contributed by atoms with van der Waals surface area (Å²) in [6, 6.07) is 17.2. The highest BCUT2D eigenvalue weighted by Gasteiger charge is 2.57. The summed E-state index contributed by atoms with van der Waals surface area (Å²) >= 11 is 1.66. The number of fused-ring (bicyclic) bond motifs is 1. The third-order valence-electron chi connectivity index (χ3n) is 5.21. The quantitative estimate of drug-likeness (QED) is 0.552. The minimum absolute atomic E-state index is 0.0202. The maximum absolute atomic E-state index is 12.7. The molecule has 0 spiro atoms. The molecule has 2 aliphatic rings. The lowest BCUT2D eigenvalue weighted by Gasteiger charge is -2.33. The summed E-state index contributed by atoms with van der Waals surface area (Å²) < 4.78 is 11.1. The van der Waals surface area contributed by atoms with E-state index in [4.69, 9.17) is 9.47 Å². The first-order valence-electron chi connectivity index (χ1n) is 9.48. The number of rotatable bonds is 6. The molecular weight excluding hydrogens is 374 g/mol. The Morgan fingerprint density at radius 3 is 2.79 bits per heavy atom. The zero-order valence-corrected chi connectivity index (χ0v) is 16.6. The normalized spacial score (nSPS) is 23.5. The van der Waals surface area contributed by atoms with E-state index in [0.717, 1.165) is 23.3 Å². The third-order valence-corrected chi connectivity index (χ3v) is 6.81. The number of aryl methyl sites for hydroxylation is 1. The predicted octanol–water partition coefficient (Wildman–Crippen LogP) is 3.51. The van der Waals surface area contributed by atoms with Crippen molar-refractivity contribution in [3.63, 3.8) is 0 Å². The van der Waals surface area contributed by atoms with E-state index in [9.17, 15) is 9.59 Å². The van der Waals surface area contributed by atoms with Gasteiger partial charge in [0.2, 0.25) is 5.91 Å². The second-order valence-corrected chi connectivity index (χ2v) is 8.37. The van der Waals surface area contributed by atoms with Crippen LogP contribution in [0.5, 0.6) is 5.75 Å². The first-order chi connectivity index (χ1) is 13.6. The summed E-state index contributed by atoms with van der Waals surface area (Å²) in [5.74, 6) is 0.976. The molecule has 2 fully saturated rings. The van der Waals surface area contributed by atoms with E-state index in [1.165, 1.54) is 0 Å². The van der Waals surface area contributed by atoms with Crippen LogP contribution >= 0.6 is 11.8 Å². The van der Waals surface area contributed by atoms with Gasteiger partial charge in [0.1, 0.15) is 29.9 Å². The molecule has 5 nitrogen and oxygen atoms in total. The molecule has 6 heteroatoms. The summed E-state index contributed by atoms with van der Waals surface area (Å²) in [7, 11) is 0. The van der Waals surface area contributed by atoms with Crippen LogP contribution in [-0.2, 0) is 19.2 Å². The lowest BCUT2D eigenvalue weighted by atomic mass is 10.0. The fraction of sp³-hybridized carbons (Fsp3) is 0.364. The zero-order chi connectivity index (χ0) is 19.6. The largest absolute Gasteiger partial charge is 0.490 e. The predicted molar refractivity (Wildman–Crippen MR) is 108 cm³/mol. The highest BCUT2D eigenvalue weighted by atomic mass is 32.2. The Bertz CT molecular complexity index is 872. The number of esters is 1. The molecule has 1 amide bonds. The Morgan fingerprint density at radius 1 is 1.18 bits per heavy atom. The highest BCUT2D eigenvalue weighted by Crippen LogP contribution is 2.54. The number of benzene rings is 2. The maximum atomic E-state index is 12.7. The Morgan fingerprint density at radius 2 is 2.00 bits per heavy atom. The second-order valence-electron chi connectivity index (χ2n) is 7.07.